The molecule has 0 unspecified atom stereocenters. The Hall–Kier alpha value is -2.91. The number of aryl methyl sites for hydroxylation is 1. The van der Waals surface area contributed by atoms with Crippen LogP contribution in [0.3, 0.4) is 0 Å². The second-order valence-electron chi connectivity index (χ2n) is 8.34. The quantitative estimate of drug-likeness (QED) is 0.342. The third kappa shape index (κ3) is 4.74. The first-order valence-corrected chi connectivity index (χ1v) is 12.9. The van der Waals surface area contributed by atoms with Crippen molar-refractivity contribution in [2.45, 2.75) is 37.6 Å². The second kappa shape index (κ2) is 9.52. The maximum Gasteiger partial charge on any atom is 0.273 e. The lowest BCUT2D eigenvalue weighted by Crippen LogP contribution is -2.38. The van der Waals surface area contributed by atoms with Crippen LogP contribution >= 0.6 is 23.1 Å². The smallest absolute Gasteiger partial charge is 0.273 e. The Balaban J connectivity index is 1.34. The van der Waals surface area contributed by atoms with E-state index in [9.17, 15) is 4.79 Å². The molecule has 170 valence electrons. The Labute approximate surface area is 200 Å². The molecule has 0 radical (unpaired) electrons. The SMILES string of the molecule is Cc1ccc(-n2c(SCc3nc(C(=O)N4CCC(C)CC4)cs3)nnc2-c2ccco2)cc1. The normalized spacial score (nSPS) is 14.7. The van der Waals surface area contributed by atoms with Crippen molar-refractivity contribution in [2.24, 2.45) is 5.92 Å². The van der Waals surface area contributed by atoms with Gasteiger partial charge >= 0.3 is 0 Å². The number of furan rings is 1. The van der Waals surface area contributed by atoms with E-state index < -0.39 is 0 Å². The average molecular weight is 480 g/mol. The van der Waals surface area contributed by atoms with E-state index in [4.69, 9.17) is 4.42 Å². The Morgan fingerprint density at radius 2 is 1.97 bits per heavy atom. The third-order valence-corrected chi connectivity index (χ3v) is 7.81. The zero-order valence-electron chi connectivity index (χ0n) is 18.6. The number of nitrogens with zero attached hydrogens (tertiary/aromatic N) is 5. The Morgan fingerprint density at radius 1 is 1.18 bits per heavy atom. The van der Waals surface area contributed by atoms with Gasteiger partial charge < -0.3 is 9.32 Å². The van der Waals surface area contributed by atoms with Crippen molar-refractivity contribution < 1.29 is 9.21 Å². The molecule has 1 saturated heterocycles. The number of likely N-dealkylation sites (tertiary alicyclic amines) is 1. The minimum atomic E-state index is 0.0392. The van der Waals surface area contributed by atoms with Crippen molar-refractivity contribution in [2.75, 3.05) is 13.1 Å². The molecule has 7 nitrogen and oxygen atoms in total. The molecule has 0 N–H and O–H groups in total. The van der Waals surface area contributed by atoms with E-state index in [-0.39, 0.29) is 5.91 Å². The molecule has 1 amide bonds. The molecule has 0 atom stereocenters. The summed E-state index contributed by atoms with van der Waals surface area (Å²) in [6.07, 6.45) is 3.75. The highest BCUT2D eigenvalue weighted by Crippen LogP contribution is 2.31. The van der Waals surface area contributed by atoms with Gasteiger partial charge in [0.2, 0.25) is 5.82 Å². The highest BCUT2D eigenvalue weighted by Gasteiger charge is 2.24. The standard InChI is InChI=1S/C24H25N5O2S2/c1-16-5-7-18(8-6-16)29-22(20-4-3-13-31-20)26-27-24(29)33-15-21-25-19(14-32-21)23(30)28-11-9-17(2)10-12-28/h3-8,13-14,17H,9-12,15H2,1-2H3. The number of thiazole rings is 1. The van der Waals surface area contributed by atoms with Crippen molar-refractivity contribution in [1.82, 2.24) is 24.6 Å². The summed E-state index contributed by atoms with van der Waals surface area (Å²) in [5, 5.41) is 12.3. The maximum atomic E-state index is 12.8. The number of thioether (sulfide) groups is 1. The van der Waals surface area contributed by atoms with Crippen molar-refractivity contribution >= 4 is 29.0 Å². The van der Waals surface area contributed by atoms with E-state index in [2.05, 4.69) is 53.3 Å². The molecule has 0 saturated carbocycles. The lowest BCUT2D eigenvalue weighted by Gasteiger charge is -2.29. The molecular weight excluding hydrogens is 454 g/mol. The van der Waals surface area contributed by atoms with E-state index in [1.165, 1.54) is 16.9 Å². The monoisotopic (exact) mass is 479 g/mol. The van der Waals surface area contributed by atoms with Crippen LogP contribution in [0, 0.1) is 12.8 Å². The first-order valence-electron chi connectivity index (χ1n) is 11.0. The van der Waals surface area contributed by atoms with Crippen LogP contribution in [0.5, 0.6) is 0 Å². The predicted molar refractivity (Wildman–Crippen MR) is 130 cm³/mol. The van der Waals surface area contributed by atoms with Gasteiger partial charge in [0.25, 0.3) is 5.91 Å². The maximum absolute atomic E-state index is 12.8. The van der Waals surface area contributed by atoms with Crippen LogP contribution in [0.25, 0.3) is 17.3 Å². The van der Waals surface area contributed by atoms with E-state index in [0.717, 1.165) is 41.8 Å². The minimum absolute atomic E-state index is 0.0392. The van der Waals surface area contributed by atoms with Gasteiger partial charge in [-0.15, -0.1) is 21.5 Å². The van der Waals surface area contributed by atoms with Crippen LogP contribution in [-0.4, -0.2) is 43.6 Å². The van der Waals surface area contributed by atoms with Crippen molar-refractivity contribution in [1.29, 1.82) is 0 Å². The largest absolute Gasteiger partial charge is 0.461 e. The molecule has 4 aromatic rings. The van der Waals surface area contributed by atoms with Gasteiger partial charge in [-0.25, -0.2) is 4.98 Å². The number of carbonyl (C=O) groups is 1. The van der Waals surface area contributed by atoms with Crippen molar-refractivity contribution in [3.05, 3.63) is 64.3 Å². The molecule has 0 bridgehead atoms. The van der Waals surface area contributed by atoms with E-state index in [1.54, 1.807) is 18.0 Å². The molecule has 5 rings (SSSR count). The van der Waals surface area contributed by atoms with Gasteiger partial charge in [0, 0.05) is 24.2 Å². The first-order chi connectivity index (χ1) is 16.1. The zero-order chi connectivity index (χ0) is 22.8. The molecule has 1 fully saturated rings. The van der Waals surface area contributed by atoms with Crippen molar-refractivity contribution in [3.63, 3.8) is 0 Å². The van der Waals surface area contributed by atoms with Crippen molar-refractivity contribution in [3.8, 4) is 17.3 Å². The number of amides is 1. The summed E-state index contributed by atoms with van der Waals surface area (Å²) >= 11 is 3.06. The number of hydrogen-bond donors (Lipinski definition) is 0. The van der Waals surface area contributed by atoms with Gasteiger partial charge in [0.05, 0.1) is 12.0 Å². The fourth-order valence-electron chi connectivity index (χ4n) is 3.83. The summed E-state index contributed by atoms with van der Waals surface area (Å²) in [5.41, 5.74) is 2.69. The van der Waals surface area contributed by atoms with Gasteiger partial charge in [0.1, 0.15) is 10.7 Å². The summed E-state index contributed by atoms with van der Waals surface area (Å²) in [5.74, 6) is 2.65. The molecule has 1 aliphatic rings. The fourth-order valence-corrected chi connectivity index (χ4v) is 5.57. The van der Waals surface area contributed by atoms with Crippen LogP contribution in [0.4, 0.5) is 0 Å². The third-order valence-electron chi connectivity index (χ3n) is 5.83. The fraction of sp³-hybridized carbons (Fsp3) is 0.333. The Bertz CT molecular complexity index is 1220. The molecular formula is C24H25N5O2S2. The summed E-state index contributed by atoms with van der Waals surface area (Å²) in [7, 11) is 0. The highest BCUT2D eigenvalue weighted by atomic mass is 32.2. The Kier molecular flexibility index (Phi) is 6.32. The zero-order valence-corrected chi connectivity index (χ0v) is 20.2. The van der Waals surface area contributed by atoms with Gasteiger partial charge in [-0.1, -0.05) is 36.4 Å². The van der Waals surface area contributed by atoms with Gasteiger partial charge in [-0.2, -0.15) is 0 Å². The Morgan fingerprint density at radius 3 is 2.70 bits per heavy atom. The summed E-state index contributed by atoms with van der Waals surface area (Å²) in [6, 6.07) is 12.0. The number of rotatable bonds is 6. The van der Waals surface area contributed by atoms with Crippen LogP contribution in [0.2, 0.25) is 0 Å². The number of piperidine rings is 1. The second-order valence-corrected chi connectivity index (χ2v) is 10.2. The average Bonchev–Trinajstić information content (AvgIpc) is 3.59. The number of carbonyl (C=O) groups excluding carboxylic acids is 1. The number of aromatic nitrogens is 4. The van der Waals surface area contributed by atoms with Crippen LogP contribution < -0.4 is 0 Å². The van der Waals surface area contributed by atoms with E-state index >= 15 is 0 Å². The van der Waals surface area contributed by atoms with E-state index in [0.29, 0.717) is 28.9 Å². The molecule has 9 heteroatoms. The van der Waals surface area contributed by atoms with Gasteiger partial charge in [-0.05, 0) is 49.9 Å². The number of hydrogen-bond acceptors (Lipinski definition) is 7. The van der Waals surface area contributed by atoms with Gasteiger partial charge in [0.15, 0.2) is 10.9 Å². The molecule has 1 aromatic carbocycles. The minimum Gasteiger partial charge on any atom is -0.461 e. The van der Waals surface area contributed by atoms with Crippen LogP contribution in [-0.2, 0) is 5.75 Å². The summed E-state index contributed by atoms with van der Waals surface area (Å²) in [4.78, 5) is 19.4. The van der Waals surface area contributed by atoms with Crippen LogP contribution in [0.15, 0.2) is 57.6 Å². The molecule has 1 aliphatic heterocycles. The summed E-state index contributed by atoms with van der Waals surface area (Å²) in [6.45, 7) is 5.94. The molecule has 33 heavy (non-hydrogen) atoms. The summed E-state index contributed by atoms with van der Waals surface area (Å²) < 4.78 is 7.59. The molecule has 0 aliphatic carbocycles. The van der Waals surface area contributed by atoms with Gasteiger partial charge in [-0.3, -0.25) is 9.36 Å². The van der Waals surface area contributed by atoms with E-state index in [1.807, 2.05) is 27.0 Å². The lowest BCUT2D eigenvalue weighted by atomic mass is 9.99. The molecule has 0 spiro atoms. The predicted octanol–water partition coefficient (Wildman–Crippen LogP) is 5.46. The highest BCUT2D eigenvalue weighted by molar-refractivity contribution is 7.98. The first kappa shape index (κ1) is 21.9. The topological polar surface area (TPSA) is 77.1 Å². The molecule has 4 heterocycles. The number of benzene rings is 1. The van der Waals surface area contributed by atoms with Crippen LogP contribution in [0.1, 0.15) is 40.8 Å². The lowest BCUT2D eigenvalue weighted by molar-refractivity contribution is 0.0692. The molecule has 3 aromatic heterocycles.